The number of hydrogen-bond donors (Lipinski definition) is 1. The van der Waals surface area contributed by atoms with Gasteiger partial charge >= 0.3 is 5.97 Å². The normalized spacial score (nSPS) is 13.7. The highest BCUT2D eigenvalue weighted by Crippen LogP contribution is 2.35. The molecule has 7 nitrogen and oxygen atoms in total. The molecule has 160 valence electrons. The Hall–Kier alpha value is -4.00. The molecule has 32 heavy (non-hydrogen) atoms. The number of amides is 1. The minimum absolute atomic E-state index is 0.178. The molecule has 4 heterocycles. The first-order valence-electron chi connectivity index (χ1n) is 10.5. The summed E-state index contributed by atoms with van der Waals surface area (Å²) in [5.41, 5.74) is 6.91. The highest BCUT2D eigenvalue weighted by atomic mass is 16.5. The molecule has 3 aromatic heterocycles. The molecule has 0 radical (unpaired) electrons. The van der Waals surface area contributed by atoms with Crippen LogP contribution in [-0.2, 0) is 9.53 Å². The summed E-state index contributed by atoms with van der Waals surface area (Å²) in [5, 5.41) is 0.831. The van der Waals surface area contributed by atoms with Gasteiger partial charge in [-0.15, -0.1) is 0 Å². The van der Waals surface area contributed by atoms with Crippen molar-refractivity contribution < 1.29 is 14.3 Å². The van der Waals surface area contributed by atoms with E-state index in [2.05, 4.69) is 21.9 Å². The summed E-state index contributed by atoms with van der Waals surface area (Å²) in [4.78, 5) is 37.7. The third-order valence-electron chi connectivity index (χ3n) is 6.01. The van der Waals surface area contributed by atoms with Crippen molar-refractivity contribution in [1.29, 1.82) is 0 Å². The number of methoxy groups -OCH3 is 1. The molecular formula is C25H22N4O3. The third-order valence-corrected chi connectivity index (χ3v) is 6.01. The summed E-state index contributed by atoms with van der Waals surface area (Å²) in [6.45, 7) is 2.83. The minimum Gasteiger partial charge on any atom is -0.464 e. The molecule has 7 heteroatoms. The van der Waals surface area contributed by atoms with Gasteiger partial charge in [-0.05, 0) is 54.3 Å². The number of fused-ring (bicyclic) bond motifs is 1. The summed E-state index contributed by atoms with van der Waals surface area (Å²) in [5.74, 6) is -0.258. The molecule has 1 fully saturated rings. The van der Waals surface area contributed by atoms with Gasteiger partial charge in [0.25, 0.3) is 0 Å². The van der Waals surface area contributed by atoms with E-state index < -0.39 is 5.97 Å². The van der Waals surface area contributed by atoms with Crippen LogP contribution in [0.25, 0.3) is 33.3 Å². The summed E-state index contributed by atoms with van der Waals surface area (Å²) in [6.07, 6.45) is 6.91. The highest BCUT2D eigenvalue weighted by molar-refractivity contribution is 6.00. The first-order chi connectivity index (χ1) is 15.6. The quantitative estimate of drug-likeness (QED) is 0.485. The van der Waals surface area contributed by atoms with Crippen LogP contribution in [0.15, 0.2) is 55.0 Å². The Kier molecular flexibility index (Phi) is 4.93. The molecule has 4 aromatic rings. The summed E-state index contributed by atoms with van der Waals surface area (Å²) >= 11 is 0. The van der Waals surface area contributed by atoms with Crippen LogP contribution >= 0.6 is 0 Å². The fourth-order valence-corrected chi connectivity index (χ4v) is 4.31. The van der Waals surface area contributed by atoms with Crippen molar-refractivity contribution in [1.82, 2.24) is 15.0 Å². The molecule has 0 unspecified atom stereocenters. The van der Waals surface area contributed by atoms with Crippen LogP contribution in [0.4, 0.5) is 5.69 Å². The molecule has 0 spiro atoms. The van der Waals surface area contributed by atoms with E-state index in [-0.39, 0.29) is 5.91 Å². The smallest absolute Gasteiger partial charge is 0.354 e. The van der Waals surface area contributed by atoms with E-state index in [0.717, 1.165) is 51.9 Å². The number of H-pyrrole nitrogens is 1. The van der Waals surface area contributed by atoms with E-state index in [1.54, 1.807) is 12.3 Å². The zero-order valence-electron chi connectivity index (χ0n) is 17.9. The van der Waals surface area contributed by atoms with Gasteiger partial charge in [0.15, 0.2) is 0 Å². The Morgan fingerprint density at radius 2 is 1.88 bits per heavy atom. The van der Waals surface area contributed by atoms with Crippen molar-refractivity contribution in [2.75, 3.05) is 18.6 Å². The zero-order valence-corrected chi connectivity index (χ0v) is 17.9. The predicted octanol–water partition coefficient (Wildman–Crippen LogP) is 4.51. The molecule has 1 aliphatic heterocycles. The van der Waals surface area contributed by atoms with Crippen molar-refractivity contribution in [2.45, 2.75) is 19.8 Å². The maximum absolute atomic E-state index is 12.0. The molecular weight excluding hydrogens is 404 g/mol. The predicted molar refractivity (Wildman–Crippen MR) is 122 cm³/mol. The lowest BCUT2D eigenvalue weighted by Crippen LogP contribution is -2.23. The molecule has 1 N–H and O–H groups in total. The number of esters is 1. The van der Waals surface area contributed by atoms with Gasteiger partial charge in [-0.25, -0.2) is 9.78 Å². The summed E-state index contributed by atoms with van der Waals surface area (Å²) in [6, 6.07) is 11.7. The Bertz CT molecular complexity index is 1340. The number of pyridine rings is 2. The average molecular weight is 426 g/mol. The largest absolute Gasteiger partial charge is 0.464 e. The third kappa shape index (κ3) is 3.32. The zero-order chi connectivity index (χ0) is 22.2. The first-order valence-corrected chi connectivity index (χ1v) is 10.5. The lowest BCUT2D eigenvalue weighted by Gasteiger charge is -2.17. The number of benzene rings is 1. The van der Waals surface area contributed by atoms with Crippen LogP contribution in [0.2, 0.25) is 0 Å². The SMILES string of the molecule is COC(=O)c1cc2c(-c3cncc(-c4ccc(N5CCCC5=O)cc4)c3C)ccnc2[nH]1. The van der Waals surface area contributed by atoms with Crippen molar-refractivity contribution in [2.24, 2.45) is 0 Å². The average Bonchev–Trinajstić information content (AvgIpc) is 3.45. The van der Waals surface area contributed by atoms with E-state index >= 15 is 0 Å². The monoisotopic (exact) mass is 426 g/mol. The number of aromatic nitrogens is 3. The Morgan fingerprint density at radius 3 is 2.59 bits per heavy atom. The number of ether oxygens (including phenoxy) is 1. The second kappa shape index (κ2) is 7.92. The number of hydrogen-bond acceptors (Lipinski definition) is 5. The lowest BCUT2D eigenvalue weighted by atomic mass is 9.94. The van der Waals surface area contributed by atoms with Crippen LogP contribution in [0.5, 0.6) is 0 Å². The molecule has 5 rings (SSSR count). The van der Waals surface area contributed by atoms with Crippen LogP contribution in [0, 0.1) is 6.92 Å². The molecule has 1 aliphatic rings. The van der Waals surface area contributed by atoms with E-state index in [1.165, 1.54) is 7.11 Å². The van der Waals surface area contributed by atoms with Crippen LogP contribution < -0.4 is 4.90 Å². The number of nitrogens with one attached hydrogen (secondary N) is 1. The Labute approximate surface area is 185 Å². The Balaban J connectivity index is 1.55. The van der Waals surface area contributed by atoms with Crippen LogP contribution in [0.1, 0.15) is 28.9 Å². The summed E-state index contributed by atoms with van der Waals surface area (Å²) < 4.78 is 4.83. The van der Waals surface area contributed by atoms with Gasteiger partial charge in [0.05, 0.1) is 7.11 Å². The number of anilines is 1. The van der Waals surface area contributed by atoms with E-state index in [4.69, 9.17) is 4.74 Å². The van der Waals surface area contributed by atoms with E-state index in [9.17, 15) is 9.59 Å². The molecule has 0 aliphatic carbocycles. The number of aromatic amines is 1. The second-order valence-corrected chi connectivity index (χ2v) is 7.85. The number of rotatable bonds is 4. The fraction of sp³-hybridized carbons (Fsp3) is 0.200. The first kappa shape index (κ1) is 19.9. The topological polar surface area (TPSA) is 88.2 Å². The van der Waals surface area contributed by atoms with Gasteiger partial charge in [0, 0.05) is 53.8 Å². The van der Waals surface area contributed by atoms with Gasteiger partial charge in [-0.1, -0.05) is 12.1 Å². The van der Waals surface area contributed by atoms with Gasteiger partial charge in [-0.2, -0.15) is 0 Å². The lowest BCUT2D eigenvalue weighted by molar-refractivity contribution is -0.117. The molecule has 0 bridgehead atoms. The van der Waals surface area contributed by atoms with Crippen molar-refractivity contribution in [3.05, 3.63) is 66.2 Å². The second-order valence-electron chi connectivity index (χ2n) is 7.85. The maximum Gasteiger partial charge on any atom is 0.354 e. The highest BCUT2D eigenvalue weighted by Gasteiger charge is 2.22. The number of nitrogens with zero attached hydrogens (tertiary/aromatic N) is 3. The fourth-order valence-electron chi connectivity index (χ4n) is 4.31. The van der Waals surface area contributed by atoms with Crippen molar-refractivity contribution in [3.63, 3.8) is 0 Å². The Morgan fingerprint density at radius 1 is 1.09 bits per heavy atom. The van der Waals surface area contributed by atoms with Gasteiger partial charge in [0.1, 0.15) is 11.3 Å². The minimum atomic E-state index is -0.436. The maximum atomic E-state index is 12.0. The molecule has 1 amide bonds. The van der Waals surface area contributed by atoms with E-state index in [0.29, 0.717) is 17.8 Å². The van der Waals surface area contributed by atoms with Gasteiger partial charge in [-0.3, -0.25) is 9.78 Å². The number of carbonyl (C=O) groups is 2. The van der Waals surface area contributed by atoms with Crippen molar-refractivity contribution >= 4 is 28.6 Å². The standard InChI is InChI=1S/C25H22N4O3/c1-15-20(16-5-7-17(8-6-16)29-11-3-4-23(29)30)13-26-14-21(15)18-9-10-27-24-19(18)12-22(28-24)25(31)32-2/h5-10,12-14H,3-4,11H2,1-2H3,(H,27,28). The summed E-state index contributed by atoms with van der Waals surface area (Å²) in [7, 11) is 1.35. The van der Waals surface area contributed by atoms with E-state index in [1.807, 2.05) is 47.6 Å². The van der Waals surface area contributed by atoms with Gasteiger partial charge in [0.2, 0.25) is 5.91 Å². The molecule has 1 aromatic carbocycles. The van der Waals surface area contributed by atoms with Crippen LogP contribution in [0.3, 0.4) is 0 Å². The molecule has 1 saturated heterocycles. The van der Waals surface area contributed by atoms with Crippen LogP contribution in [-0.4, -0.2) is 40.5 Å². The molecule has 0 atom stereocenters. The van der Waals surface area contributed by atoms with Gasteiger partial charge < -0.3 is 14.6 Å². The molecule has 0 saturated carbocycles. The number of carbonyl (C=O) groups excluding carboxylic acids is 2. The van der Waals surface area contributed by atoms with Crippen molar-refractivity contribution in [3.8, 4) is 22.3 Å².